The van der Waals surface area contributed by atoms with Crippen molar-refractivity contribution in [3.63, 3.8) is 0 Å². The molecule has 0 spiro atoms. The highest BCUT2D eigenvalue weighted by atomic mass is 15.0. The largest absolute Gasteiger partial charge is 0.211 e. The summed E-state index contributed by atoms with van der Waals surface area (Å²) in [5.74, 6) is 0.936. The smallest absolute Gasteiger partial charge is 0.161 e. The van der Waals surface area contributed by atoms with Gasteiger partial charge in [-0.3, -0.25) is 0 Å². The van der Waals surface area contributed by atoms with Crippen molar-refractivity contribution in [3.8, 4) is 5.69 Å². The van der Waals surface area contributed by atoms with Gasteiger partial charge < -0.3 is 0 Å². The Labute approximate surface area is 133 Å². The van der Waals surface area contributed by atoms with Crippen molar-refractivity contribution in [2.24, 2.45) is 0 Å². The molecule has 0 saturated heterocycles. The van der Waals surface area contributed by atoms with Crippen LogP contribution in [0.4, 0.5) is 0 Å². The van der Waals surface area contributed by atoms with E-state index in [-0.39, 0.29) is 0 Å². The number of benzene rings is 2. The molecule has 0 aliphatic rings. The summed E-state index contributed by atoms with van der Waals surface area (Å²) in [7, 11) is 0. The number of hydrogen-bond donors (Lipinski definition) is 0. The first-order valence-electron chi connectivity index (χ1n) is 8.12. The van der Waals surface area contributed by atoms with Crippen LogP contribution in [0.1, 0.15) is 50.9 Å². The molecule has 0 fully saturated rings. The van der Waals surface area contributed by atoms with E-state index in [9.17, 15) is 0 Å². The van der Waals surface area contributed by atoms with Crippen LogP contribution in [-0.4, -0.2) is 0 Å². The summed E-state index contributed by atoms with van der Waals surface area (Å²) in [6.07, 6.45) is 0. The summed E-state index contributed by atoms with van der Waals surface area (Å²) < 4.78 is 2.46. The van der Waals surface area contributed by atoms with Crippen LogP contribution in [0.2, 0.25) is 0 Å². The van der Waals surface area contributed by atoms with Gasteiger partial charge in [0.25, 0.3) is 0 Å². The topological polar surface area (TPSA) is 3.88 Å². The Morgan fingerprint density at radius 3 is 2.00 bits per heavy atom. The number of fused-ring (bicyclic) bond motifs is 1. The summed E-state index contributed by atoms with van der Waals surface area (Å²) in [6.45, 7) is 9.11. The summed E-state index contributed by atoms with van der Waals surface area (Å²) in [6, 6.07) is 21.8. The number of para-hydroxylation sites is 1. The predicted octanol–water partition coefficient (Wildman–Crippen LogP) is 5.36. The van der Waals surface area contributed by atoms with Gasteiger partial charge in [0.2, 0.25) is 5.69 Å². The Morgan fingerprint density at radius 1 is 0.727 bits per heavy atom. The van der Waals surface area contributed by atoms with Crippen LogP contribution >= 0.6 is 0 Å². The predicted molar refractivity (Wildman–Crippen MR) is 93.7 cm³/mol. The second-order valence-corrected chi connectivity index (χ2v) is 6.52. The van der Waals surface area contributed by atoms with E-state index in [2.05, 4.69) is 92.9 Å². The summed E-state index contributed by atoms with van der Waals surface area (Å²) in [4.78, 5) is 0. The zero-order valence-corrected chi connectivity index (χ0v) is 13.9. The molecule has 0 radical (unpaired) electrons. The van der Waals surface area contributed by atoms with Crippen molar-refractivity contribution in [2.75, 3.05) is 0 Å². The van der Waals surface area contributed by atoms with Crippen molar-refractivity contribution in [1.29, 1.82) is 0 Å². The molecule has 112 valence electrons. The summed E-state index contributed by atoms with van der Waals surface area (Å²) in [5.41, 5.74) is 4.02. The number of nitrogens with zero attached hydrogens (tertiary/aromatic N) is 1. The van der Waals surface area contributed by atoms with Gasteiger partial charge in [-0.1, -0.05) is 64.1 Å². The second-order valence-electron chi connectivity index (χ2n) is 6.52. The third kappa shape index (κ3) is 2.52. The maximum Gasteiger partial charge on any atom is 0.211 e. The highest BCUT2D eigenvalue weighted by molar-refractivity contribution is 5.84. The Morgan fingerprint density at radius 2 is 1.36 bits per heavy atom. The second kappa shape index (κ2) is 5.92. The Bertz CT molecular complexity index is 786. The first-order valence-corrected chi connectivity index (χ1v) is 8.12. The lowest BCUT2D eigenvalue weighted by Gasteiger charge is -2.15. The lowest BCUT2D eigenvalue weighted by molar-refractivity contribution is -0.613. The molecule has 0 aliphatic heterocycles. The molecule has 0 bridgehead atoms. The van der Waals surface area contributed by atoms with E-state index in [0.29, 0.717) is 11.8 Å². The third-order valence-electron chi connectivity index (χ3n) is 4.19. The zero-order chi connectivity index (χ0) is 15.7. The van der Waals surface area contributed by atoms with Crippen LogP contribution in [0.15, 0.2) is 60.7 Å². The minimum Gasteiger partial charge on any atom is -0.161 e. The molecular weight excluding hydrogens is 266 g/mol. The maximum absolute atomic E-state index is 2.46. The molecule has 0 atom stereocenters. The molecular formula is C21H24N+. The van der Waals surface area contributed by atoms with Crippen LogP contribution in [0.3, 0.4) is 0 Å². The average molecular weight is 290 g/mol. The molecule has 0 N–H and O–H groups in total. The van der Waals surface area contributed by atoms with E-state index in [1.54, 1.807) is 0 Å². The molecule has 1 aromatic heterocycles. The Kier molecular flexibility index (Phi) is 3.98. The fraction of sp³-hybridized carbons (Fsp3) is 0.286. The summed E-state index contributed by atoms with van der Waals surface area (Å²) in [5, 5.41) is 2.69. The molecule has 1 nitrogen and oxygen atoms in total. The lowest BCUT2D eigenvalue weighted by atomic mass is 9.97. The standard InChI is InChI=1S/C21H24N/c1-15(2)20-14-17-10-8-9-13-19(17)21(16(3)4)22(20)18-11-6-5-7-12-18/h5-16H,1-4H3/q+1. The lowest BCUT2D eigenvalue weighted by Crippen LogP contribution is -2.41. The minimum atomic E-state index is 0.462. The number of hydrogen-bond acceptors (Lipinski definition) is 0. The molecule has 2 aromatic carbocycles. The van der Waals surface area contributed by atoms with E-state index in [4.69, 9.17) is 0 Å². The van der Waals surface area contributed by atoms with Crippen molar-refractivity contribution in [3.05, 3.63) is 72.1 Å². The van der Waals surface area contributed by atoms with Gasteiger partial charge in [-0.05, 0) is 11.5 Å². The average Bonchev–Trinajstić information content (AvgIpc) is 2.53. The number of aromatic nitrogens is 1. The highest BCUT2D eigenvalue weighted by Gasteiger charge is 2.26. The molecule has 3 rings (SSSR count). The van der Waals surface area contributed by atoms with Gasteiger partial charge in [-0.2, -0.15) is 4.57 Å². The van der Waals surface area contributed by atoms with Gasteiger partial charge in [0.05, 0.1) is 0 Å². The van der Waals surface area contributed by atoms with Gasteiger partial charge >= 0.3 is 0 Å². The Balaban J connectivity index is 2.46. The van der Waals surface area contributed by atoms with Crippen LogP contribution in [0.25, 0.3) is 16.5 Å². The third-order valence-corrected chi connectivity index (χ3v) is 4.19. The van der Waals surface area contributed by atoms with Crippen molar-refractivity contribution < 1.29 is 4.57 Å². The molecule has 0 aliphatic carbocycles. The van der Waals surface area contributed by atoms with Crippen molar-refractivity contribution in [1.82, 2.24) is 0 Å². The fourth-order valence-electron chi connectivity index (χ4n) is 3.20. The van der Waals surface area contributed by atoms with E-state index < -0.39 is 0 Å². The molecule has 0 amide bonds. The molecule has 1 heterocycles. The Hall–Kier alpha value is -2.15. The van der Waals surface area contributed by atoms with E-state index in [1.807, 2.05) is 0 Å². The van der Waals surface area contributed by atoms with Crippen LogP contribution in [0.5, 0.6) is 0 Å². The number of rotatable bonds is 3. The van der Waals surface area contributed by atoms with Crippen LogP contribution in [-0.2, 0) is 0 Å². The van der Waals surface area contributed by atoms with Crippen molar-refractivity contribution in [2.45, 2.75) is 39.5 Å². The summed E-state index contributed by atoms with van der Waals surface area (Å²) >= 11 is 0. The van der Waals surface area contributed by atoms with Crippen LogP contribution < -0.4 is 4.57 Å². The first-order chi connectivity index (χ1) is 10.6. The van der Waals surface area contributed by atoms with Gasteiger partial charge in [-0.15, -0.1) is 0 Å². The normalized spacial score (nSPS) is 11.5. The molecule has 22 heavy (non-hydrogen) atoms. The van der Waals surface area contributed by atoms with Gasteiger partial charge in [-0.25, -0.2) is 0 Å². The van der Waals surface area contributed by atoms with Crippen LogP contribution in [0, 0.1) is 0 Å². The maximum atomic E-state index is 2.46. The highest BCUT2D eigenvalue weighted by Crippen LogP contribution is 2.27. The molecule has 3 aromatic rings. The van der Waals surface area contributed by atoms with E-state index >= 15 is 0 Å². The SMILES string of the molecule is CC(C)c1cc2ccccc2c(C(C)C)[n+]1-c1ccccc1. The minimum absolute atomic E-state index is 0.462. The molecule has 1 heteroatoms. The zero-order valence-electron chi connectivity index (χ0n) is 13.9. The van der Waals surface area contributed by atoms with E-state index in [0.717, 1.165) is 0 Å². The fourth-order valence-corrected chi connectivity index (χ4v) is 3.20. The molecule has 0 unspecified atom stereocenters. The van der Waals surface area contributed by atoms with Gasteiger partial charge in [0.15, 0.2) is 11.4 Å². The quantitative estimate of drug-likeness (QED) is 0.571. The monoisotopic (exact) mass is 290 g/mol. The molecule has 0 saturated carbocycles. The van der Waals surface area contributed by atoms with E-state index in [1.165, 1.54) is 27.8 Å². The number of pyridine rings is 1. The van der Waals surface area contributed by atoms with Gasteiger partial charge in [0, 0.05) is 35.4 Å². The first kappa shape index (κ1) is 14.8. The van der Waals surface area contributed by atoms with Gasteiger partial charge in [0.1, 0.15) is 0 Å². The van der Waals surface area contributed by atoms with Crippen molar-refractivity contribution >= 4 is 10.8 Å².